The van der Waals surface area contributed by atoms with Crippen molar-refractivity contribution in [2.24, 2.45) is 9.98 Å². The van der Waals surface area contributed by atoms with Gasteiger partial charge in [-0.15, -0.1) is 0 Å². The Morgan fingerprint density at radius 1 is 1.40 bits per heavy atom. The maximum atomic E-state index is 5.28. The van der Waals surface area contributed by atoms with E-state index in [1.807, 2.05) is 12.2 Å². The van der Waals surface area contributed by atoms with Crippen molar-refractivity contribution in [1.82, 2.24) is 0 Å². The molecule has 0 saturated carbocycles. The molecular weight excluding hydrogens is 128 g/mol. The number of hydrogen-bond donors (Lipinski definition) is 0. The molecule has 0 fully saturated rings. The molecule has 0 spiro atoms. The molecule has 2 aliphatic heterocycles. The van der Waals surface area contributed by atoms with Crippen LogP contribution in [0.15, 0.2) is 22.1 Å². The predicted molar refractivity (Wildman–Crippen MR) is 39.7 cm³/mol. The lowest BCUT2D eigenvalue weighted by atomic mass is 10.2. The van der Waals surface area contributed by atoms with E-state index in [0.717, 1.165) is 0 Å². The van der Waals surface area contributed by atoms with Crippen molar-refractivity contribution < 1.29 is 4.74 Å². The molecular formula is C7H8N2O. The maximum absolute atomic E-state index is 5.28. The minimum Gasteiger partial charge on any atom is -0.348 e. The highest BCUT2D eigenvalue weighted by molar-refractivity contribution is 5.73. The van der Waals surface area contributed by atoms with Crippen LogP contribution in [0.2, 0.25) is 0 Å². The summed E-state index contributed by atoms with van der Waals surface area (Å²) in [5.41, 5.74) is 0. The van der Waals surface area contributed by atoms with Crippen molar-refractivity contribution >= 4 is 12.4 Å². The van der Waals surface area contributed by atoms with E-state index in [-0.39, 0.29) is 12.3 Å². The lowest BCUT2D eigenvalue weighted by molar-refractivity contribution is 0.0719. The first-order valence-electron chi connectivity index (χ1n) is 3.30. The molecule has 0 N–H and O–H groups in total. The molecule has 0 saturated heterocycles. The summed E-state index contributed by atoms with van der Waals surface area (Å²) in [5.74, 6) is 0. The number of dihydropyridines is 1. The van der Waals surface area contributed by atoms with E-state index in [9.17, 15) is 0 Å². The van der Waals surface area contributed by atoms with E-state index in [1.54, 1.807) is 12.4 Å². The average molecular weight is 136 g/mol. The lowest BCUT2D eigenvalue weighted by Crippen LogP contribution is -2.30. The van der Waals surface area contributed by atoms with Crippen LogP contribution in [0.25, 0.3) is 0 Å². The Kier molecular flexibility index (Phi) is 1.36. The molecule has 10 heavy (non-hydrogen) atoms. The van der Waals surface area contributed by atoms with Gasteiger partial charge in [0.15, 0.2) is 6.23 Å². The van der Waals surface area contributed by atoms with Crippen LogP contribution in [-0.4, -0.2) is 31.3 Å². The van der Waals surface area contributed by atoms with Crippen molar-refractivity contribution in [3.63, 3.8) is 0 Å². The van der Waals surface area contributed by atoms with Crippen LogP contribution in [0.4, 0.5) is 0 Å². The number of aliphatic imine (C=N–C) groups is 2. The van der Waals surface area contributed by atoms with E-state index in [4.69, 9.17) is 4.74 Å². The summed E-state index contributed by atoms with van der Waals surface area (Å²) in [7, 11) is 0. The van der Waals surface area contributed by atoms with Gasteiger partial charge in [0.1, 0.15) is 6.04 Å². The highest BCUT2D eigenvalue weighted by Gasteiger charge is 2.20. The zero-order valence-electron chi connectivity index (χ0n) is 5.47. The zero-order valence-corrected chi connectivity index (χ0v) is 5.47. The topological polar surface area (TPSA) is 34.0 Å². The second kappa shape index (κ2) is 2.34. The van der Waals surface area contributed by atoms with Crippen molar-refractivity contribution in [3.8, 4) is 0 Å². The van der Waals surface area contributed by atoms with Gasteiger partial charge in [0.25, 0.3) is 0 Å². The third-order valence-corrected chi connectivity index (χ3v) is 1.54. The molecule has 0 bridgehead atoms. The van der Waals surface area contributed by atoms with Crippen molar-refractivity contribution in [3.05, 3.63) is 12.2 Å². The van der Waals surface area contributed by atoms with E-state index in [2.05, 4.69) is 9.98 Å². The third-order valence-electron chi connectivity index (χ3n) is 1.54. The SMILES string of the molecule is C1=CC2N=CCOC2N=C1. The third kappa shape index (κ3) is 0.885. The molecule has 2 unspecified atom stereocenters. The lowest BCUT2D eigenvalue weighted by Gasteiger charge is -2.22. The van der Waals surface area contributed by atoms with Gasteiger partial charge in [-0.3, -0.25) is 9.98 Å². The standard InChI is InChI=1S/C7H8N2O/c1-2-6-7(9-3-1)10-5-4-8-6/h1-4,6-7H,5H2. The number of fused-ring (bicyclic) bond motifs is 1. The summed E-state index contributed by atoms with van der Waals surface area (Å²) in [6.07, 6.45) is 7.37. The normalized spacial score (nSPS) is 36.0. The molecule has 0 radical (unpaired) electrons. The van der Waals surface area contributed by atoms with Crippen LogP contribution >= 0.6 is 0 Å². The molecule has 3 heteroatoms. The Morgan fingerprint density at radius 2 is 2.40 bits per heavy atom. The van der Waals surface area contributed by atoms with Crippen LogP contribution in [0.1, 0.15) is 0 Å². The summed E-state index contributed by atoms with van der Waals surface area (Å²) >= 11 is 0. The summed E-state index contributed by atoms with van der Waals surface area (Å²) in [5, 5.41) is 0. The van der Waals surface area contributed by atoms with Gasteiger partial charge in [-0.25, -0.2) is 0 Å². The number of hydrogen-bond acceptors (Lipinski definition) is 3. The summed E-state index contributed by atoms with van der Waals surface area (Å²) in [6, 6.07) is 0.124. The minimum absolute atomic E-state index is 0.0602. The Bertz CT molecular complexity index is 208. The maximum Gasteiger partial charge on any atom is 0.174 e. The molecule has 0 aromatic heterocycles. The molecule has 0 aromatic rings. The highest BCUT2D eigenvalue weighted by Crippen LogP contribution is 2.12. The van der Waals surface area contributed by atoms with Crippen molar-refractivity contribution in [2.45, 2.75) is 12.3 Å². The van der Waals surface area contributed by atoms with E-state index in [1.165, 1.54) is 0 Å². The first kappa shape index (κ1) is 5.80. The number of ether oxygens (including phenoxy) is 1. The van der Waals surface area contributed by atoms with E-state index < -0.39 is 0 Å². The fourth-order valence-corrected chi connectivity index (χ4v) is 1.05. The van der Waals surface area contributed by atoms with Crippen LogP contribution in [0.3, 0.4) is 0 Å². The van der Waals surface area contributed by atoms with Gasteiger partial charge in [0.05, 0.1) is 6.61 Å². The second-order valence-corrected chi connectivity index (χ2v) is 2.23. The average Bonchev–Trinajstić information content (AvgIpc) is 2.05. The van der Waals surface area contributed by atoms with Crippen molar-refractivity contribution in [1.29, 1.82) is 0 Å². The molecule has 52 valence electrons. The zero-order chi connectivity index (χ0) is 6.81. The predicted octanol–water partition coefficient (Wildman–Crippen LogP) is 0.423. The van der Waals surface area contributed by atoms with Gasteiger partial charge >= 0.3 is 0 Å². The molecule has 0 aliphatic carbocycles. The fraction of sp³-hybridized carbons (Fsp3) is 0.429. The van der Waals surface area contributed by atoms with Gasteiger partial charge in [-0.1, -0.05) is 6.08 Å². The van der Waals surface area contributed by atoms with Crippen LogP contribution in [0.5, 0.6) is 0 Å². The smallest absolute Gasteiger partial charge is 0.174 e. The fourth-order valence-electron chi connectivity index (χ4n) is 1.05. The van der Waals surface area contributed by atoms with E-state index >= 15 is 0 Å². The van der Waals surface area contributed by atoms with Gasteiger partial charge in [0, 0.05) is 12.4 Å². The first-order valence-corrected chi connectivity index (χ1v) is 3.30. The number of rotatable bonds is 0. The van der Waals surface area contributed by atoms with Gasteiger partial charge in [-0.2, -0.15) is 0 Å². The highest BCUT2D eigenvalue weighted by atomic mass is 16.5. The number of nitrogens with zero attached hydrogens (tertiary/aromatic N) is 2. The summed E-state index contributed by atoms with van der Waals surface area (Å²) in [4.78, 5) is 8.30. The molecule has 0 aromatic carbocycles. The molecule has 2 heterocycles. The van der Waals surface area contributed by atoms with Crippen LogP contribution in [0, 0.1) is 0 Å². The molecule has 2 atom stereocenters. The van der Waals surface area contributed by atoms with Crippen LogP contribution < -0.4 is 0 Å². The minimum atomic E-state index is -0.0602. The van der Waals surface area contributed by atoms with Gasteiger partial charge in [0.2, 0.25) is 0 Å². The second-order valence-electron chi connectivity index (χ2n) is 2.23. The van der Waals surface area contributed by atoms with Gasteiger partial charge < -0.3 is 4.74 Å². The van der Waals surface area contributed by atoms with Crippen LogP contribution in [-0.2, 0) is 4.74 Å². The molecule has 2 rings (SSSR count). The Labute approximate surface area is 59.1 Å². The molecule has 0 amide bonds. The molecule has 2 aliphatic rings. The first-order chi connectivity index (χ1) is 4.97. The summed E-state index contributed by atoms with van der Waals surface area (Å²) < 4.78 is 5.28. The number of allylic oxidation sites excluding steroid dienone is 1. The Hall–Kier alpha value is -0.960. The Balaban J connectivity index is 2.21. The quantitative estimate of drug-likeness (QED) is 0.475. The van der Waals surface area contributed by atoms with Gasteiger partial charge in [-0.05, 0) is 6.08 Å². The Morgan fingerprint density at radius 3 is 3.30 bits per heavy atom. The largest absolute Gasteiger partial charge is 0.348 e. The summed E-state index contributed by atoms with van der Waals surface area (Å²) in [6.45, 7) is 0.590. The van der Waals surface area contributed by atoms with Crippen molar-refractivity contribution in [2.75, 3.05) is 6.61 Å². The van der Waals surface area contributed by atoms with E-state index in [0.29, 0.717) is 6.61 Å². The molecule has 3 nitrogen and oxygen atoms in total. The monoisotopic (exact) mass is 136 g/mol.